The standard InChI is InChI=1S/C25H31FN2O4S/c1-25(2,3)32-24(29)27-13-10-17(11-14-27)31-23-7-5-6-21-19(23)12-15-28(21)22-9-8-18(33(4)30)16-20(22)26/h5-9,16-17H,10-15H2,1-4H3. The second-order valence-electron chi connectivity index (χ2n) is 9.51. The van der Waals surface area contributed by atoms with Crippen LogP contribution in [0.3, 0.4) is 0 Å². The number of halogens is 1. The predicted octanol–water partition coefficient (Wildman–Crippen LogP) is 5.04. The average Bonchev–Trinajstić information content (AvgIpc) is 3.18. The summed E-state index contributed by atoms with van der Waals surface area (Å²) in [5.41, 5.74) is 1.97. The zero-order valence-electron chi connectivity index (χ0n) is 19.6. The van der Waals surface area contributed by atoms with E-state index in [4.69, 9.17) is 9.47 Å². The summed E-state index contributed by atoms with van der Waals surface area (Å²) in [7, 11) is -1.22. The molecule has 1 atom stereocenters. The number of amides is 1. The first-order chi connectivity index (χ1) is 15.6. The largest absolute Gasteiger partial charge is 0.490 e. The van der Waals surface area contributed by atoms with E-state index >= 15 is 0 Å². The van der Waals surface area contributed by atoms with Gasteiger partial charge in [-0.2, -0.15) is 0 Å². The molecule has 0 bridgehead atoms. The first kappa shape index (κ1) is 23.5. The van der Waals surface area contributed by atoms with Crippen molar-refractivity contribution in [3.8, 4) is 5.75 Å². The van der Waals surface area contributed by atoms with Crippen molar-refractivity contribution >= 4 is 28.3 Å². The quantitative estimate of drug-likeness (QED) is 0.622. The Morgan fingerprint density at radius 3 is 2.45 bits per heavy atom. The molecule has 0 N–H and O–H groups in total. The Kier molecular flexibility index (Phi) is 6.66. The number of hydrogen-bond acceptors (Lipinski definition) is 5. The van der Waals surface area contributed by atoms with Crippen molar-refractivity contribution in [2.75, 3.05) is 30.8 Å². The van der Waals surface area contributed by atoms with Crippen molar-refractivity contribution in [1.82, 2.24) is 4.90 Å². The summed E-state index contributed by atoms with van der Waals surface area (Å²) in [5.74, 6) is 0.439. The van der Waals surface area contributed by atoms with Crippen LogP contribution >= 0.6 is 0 Å². The number of hydrogen-bond donors (Lipinski definition) is 0. The zero-order valence-corrected chi connectivity index (χ0v) is 20.4. The highest BCUT2D eigenvalue weighted by atomic mass is 32.2. The highest BCUT2D eigenvalue weighted by molar-refractivity contribution is 7.84. The molecule has 2 heterocycles. The summed E-state index contributed by atoms with van der Waals surface area (Å²) in [6, 6.07) is 10.6. The van der Waals surface area contributed by atoms with Gasteiger partial charge in [0.2, 0.25) is 0 Å². The molecule has 2 aromatic rings. The van der Waals surface area contributed by atoms with Crippen molar-refractivity contribution < 1.29 is 22.9 Å². The molecule has 8 heteroatoms. The lowest BCUT2D eigenvalue weighted by atomic mass is 10.1. The fraction of sp³-hybridized carbons (Fsp3) is 0.480. The van der Waals surface area contributed by atoms with Crippen molar-refractivity contribution in [2.24, 2.45) is 0 Å². The number of carbonyl (C=O) groups is 1. The molecule has 2 aromatic carbocycles. The van der Waals surface area contributed by atoms with Gasteiger partial charge in [-0.25, -0.2) is 9.18 Å². The molecule has 0 spiro atoms. The Labute approximate surface area is 197 Å². The number of benzene rings is 2. The van der Waals surface area contributed by atoms with Gasteiger partial charge in [-0.1, -0.05) is 6.07 Å². The molecular weight excluding hydrogens is 443 g/mol. The van der Waals surface area contributed by atoms with E-state index in [0.29, 0.717) is 30.2 Å². The van der Waals surface area contributed by atoms with Crippen molar-refractivity contribution in [3.63, 3.8) is 0 Å². The lowest BCUT2D eigenvalue weighted by Gasteiger charge is -2.33. The van der Waals surface area contributed by atoms with Gasteiger partial charge >= 0.3 is 6.09 Å². The molecule has 1 saturated heterocycles. The topological polar surface area (TPSA) is 59.1 Å². The predicted molar refractivity (Wildman–Crippen MR) is 127 cm³/mol. The first-order valence-electron chi connectivity index (χ1n) is 11.3. The molecule has 2 aliphatic heterocycles. The molecule has 0 saturated carbocycles. The molecule has 33 heavy (non-hydrogen) atoms. The first-order valence-corrected chi connectivity index (χ1v) is 12.8. The summed E-state index contributed by atoms with van der Waals surface area (Å²) in [5, 5.41) is 0. The number of piperidine rings is 1. The van der Waals surface area contributed by atoms with Crippen LogP contribution in [-0.4, -0.2) is 52.8 Å². The molecule has 0 aliphatic carbocycles. The molecule has 1 unspecified atom stereocenters. The fourth-order valence-electron chi connectivity index (χ4n) is 4.31. The fourth-order valence-corrected chi connectivity index (χ4v) is 4.84. The Morgan fingerprint density at radius 1 is 1.09 bits per heavy atom. The number of rotatable bonds is 4. The summed E-state index contributed by atoms with van der Waals surface area (Å²) in [6.07, 6.45) is 3.50. The number of carbonyl (C=O) groups excluding carboxylic acids is 1. The van der Waals surface area contributed by atoms with E-state index < -0.39 is 16.4 Å². The van der Waals surface area contributed by atoms with Gasteiger partial charge in [0.25, 0.3) is 0 Å². The lowest BCUT2D eigenvalue weighted by molar-refractivity contribution is 0.0126. The van der Waals surface area contributed by atoms with E-state index in [9.17, 15) is 13.4 Å². The van der Waals surface area contributed by atoms with Crippen molar-refractivity contribution in [3.05, 3.63) is 47.8 Å². The van der Waals surface area contributed by atoms with Gasteiger partial charge in [0.1, 0.15) is 23.3 Å². The van der Waals surface area contributed by atoms with Crippen LogP contribution < -0.4 is 9.64 Å². The van der Waals surface area contributed by atoms with Gasteiger partial charge in [0.05, 0.1) is 5.69 Å². The van der Waals surface area contributed by atoms with E-state index in [1.807, 2.05) is 43.9 Å². The molecule has 4 rings (SSSR count). The Balaban J connectivity index is 1.44. The third-order valence-corrected chi connectivity index (χ3v) is 6.83. The maximum absolute atomic E-state index is 14.8. The van der Waals surface area contributed by atoms with Crippen LogP contribution in [0.4, 0.5) is 20.6 Å². The molecule has 0 radical (unpaired) electrons. The van der Waals surface area contributed by atoms with Crippen LogP contribution in [0, 0.1) is 5.82 Å². The van der Waals surface area contributed by atoms with Gasteiger partial charge < -0.3 is 19.3 Å². The normalized spacial score (nSPS) is 17.6. The second kappa shape index (κ2) is 9.33. The minimum absolute atomic E-state index is 0.0137. The smallest absolute Gasteiger partial charge is 0.410 e. The minimum atomic E-state index is -1.22. The second-order valence-corrected chi connectivity index (χ2v) is 10.9. The SMILES string of the molecule is CS(=O)c1ccc(N2CCc3c(OC4CCN(C(=O)OC(C)(C)C)CC4)cccc32)c(F)c1. The van der Waals surface area contributed by atoms with Gasteiger partial charge in [-0.3, -0.25) is 4.21 Å². The van der Waals surface area contributed by atoms with E-state index in [1.165, 1.54) is 6.07 Å². The van der Waals surface area contributed by atoms with Gasteiger partial charge in [0.15, 0.2) is 0 Å². The number of ether oxygens (including phenoxy) is 2. The summed E-state index contributed by atoms with van der Waals surface area (Å²) in [6.45, 7) is 7.44. The summed E-state index contributed by atoms with van der Waals surface area (Å²) in [4.78, 5) is 16.5. The monoisotopic (exact) mass is 474 g/mol. The van der Waals surface area contributed by atoms with E-state index in [-0.39, 0.29) is 18.0 Å². The van der Waals surface area contributed by atoms with Crippen molar-refractivity contribution in [2.45, 2.75) is 56.6 Å². The molecule has 6 nitrogen and oxygen atoms in total. The zero-order chi connectivity index (χ0) is 23.8. The van der Waals surface area contributed by atoms with Gasteiger partial charge in [-0.05, 0) is 57.5 Å². The third-order valence-electron chi connectivity index (χ3n) is 5.91. The van der Waals surface area contributed by atoms with Crippen LogP contribution in [0.15, 0.2) is 41.3 Å². The number of nitrogens with zero attached hydrogens (tertiary/aromatic N) is 2. The lowest BCUT2D eigenvalue weighted by Crippen LogP contribution is -2.44. The maximum atomic E-state index is 14.8. The molecule has 0 aromatic heterocycles. The molecule has 1 amide bonds. The van der Waals surface area contributed by atoms with Crippen LogP contribution in [0.5, 0.6) is 5.75 Å². The summed E-state index contributed by atoms with van der Waals surface area (Å²) >= 11 is 0. The van der Waals surface area contributed by atoms with Crippen LogP contribution in [0.1, 0.15) is 39.2 Å². The van der Waals surface area contributed by atoms with Crippen molar-refractivity contribution in [1.29, 1.82) is 0 Å². The average molecular weight is 475 g/mol. The van der Waals surface area contributed by atoms with Gasteiger partial charge in [0, 0.05) is 65.7 Å². The number of fused-ring (bicyclic) bond motifs is 1. The van der Waals surface area contributed by atoms with Gasteiger partial charge in [-0.15, -0.1) is 0 Å². The third kappa shape index (κ3) is 5.32. The van der Waals surface area contributed by atoms with E-state index in [0.717, 1.165) is 36.3 Å². The Bertz CT molecular complexity index is 1060. The molecular formula is C25H31FN2O4S. The van der Waals surface area contributed by atoms with E-state index in [1.54, 1.807) is 23.3 Å². The Morgan fingerprint density at radius 2 is 1.82 bits per heavy atom. The van der Waals surface area contributed by atoms with Crippen LogP contribution in [-0.2, 0) is 22.0 Å². The highest BCUT2D eigenvalue weighted by Gasteiger charge is 2.30. The molecule has 2 aliphatic rings. The number of anilines is 2. The number of likely N-dealkylation sites (tertiary alicyclic amines) is 1. The molecule has 1 fully saturated rings. The maximum Gasteiger partial charge on any atom is 0.410 e. The minimum Gasteiger partial charge on any atom is -0.490 e. The molecule has 178 valence electrons. The van der Waals surface area contributed by atoms with E-state index in [2.05, 4.69) is 0 Å². The highest BCUT2D eigenvalue weighted by Crippen LogP contribution is 2.41. The van der Waals surface area contributed by atoms with Crippen LogP contribution in [0.2, 0.25) is 0 Å². The summed E-state index contributed by atoms with van der Waals surface area (Å²) < 4.78 is 38.3. The van der Waals surface area contributed by atoms with Crippen LogP contribution in [0.25, 0.3) is 0 Å². The Hall–Kier alpha value is -2.61.